The number of esters is 1. The van der Waals surface area contributed by atoms with E-state index in [1.165, 1.54) is 0 Å². The van der Waals surface area contributed by atoms with Crippen LogP contribution < -0.4 is 0 Å². The molecule has 1 aliphatic heterocycles. The van der Waals surface area contributed by atoms with E-state index in [0.29, 0.717) is 5.56 Å². The second kappa shape index (κ2) is 4.84. The van der Waals surface area contributed by atoms with Crippen LogP contribution in [0.3, 0.4) is 0 Å². The minimum atomic E-state index is -0.449. The average molecular weight is 253 g/mol. The predicted octanol–water partition coefficient (Wildman–Crippen LogP) is 2.50. The number of allylic oxidation sites excluding steroid dienone is 2. The molecule has 1 aromatic rings. The standard InChI is InChI=1S/C16H13O3/c17-14-10-13(15(18)11-6-2-1-3-7-11)16(19-14)12-8-4-5-9-12/h1-9,13,16H,10H2/t13-,16-/m0/s1. The molecule has 3 nitrogen and oxygen atoms in total. The lowest BCUT2D eigenvalue weighted by Crippen LogP contribution is -2.25. The maximum Gasteiger partial charge on any atom is 0.307 e. The van der Waals surface area contributed by atoms with Crippen molar-refractivity contribution in [3.05, 3.63) is 66.1 Å². The van der Waals surface area contributed by atoms with Gasteiger partial charge in [0.2, 0.25) is 0 Å². The summed E-state index contributed by atoms with van der Waals surface area (Å²) < 4.78 is 5.30. The Bertz CT molecular complexity index is 569. The Kier molecular flexibility index (Phi) is 3.03. The normalized spacial score (nSPS) is 25.3. The summed E-state index contributed by atoms with van der Waals surface area (Å²) in [4.78, 5) is 24.0. The zero-order valence-electron chi connectivity index (χ0n) is 10.3. The molecule has 1 radical (unpaired) electrons. The molecule has 0 aromatic heterocycles. The number of ketones is 1. The fourth-order valence-corrected chi connectivity index (χ4v) is 2.48. The molecule has 0 bridgehead atoms. The lowest BCUT2D eigenvalue weighted by atomic mass is 9.88. The lowest BCUT2D eigenvalue weighted by molar-refractivity contribution is -0.140. The average Bonchev–Trinajstić information content (AvgIpc) is 3.07. The molecule has 3 heteroatoms. The van der Waals surface area contributed by atoms with Gasteiger partial charge in [-0.2, -0.15) is 0 Å². The Morgan fingerprint density at radius 1 is 1.21 bits per heavy atom. The summed E-state index contributed by atoms with van der Waals surface area (Å²) in [6.07, 6.45) is 7.24. The molecule has 95 valence electrons. The van der Waals surface area contributed by atoms with Gasteiger partial charge in [-0.3, -0.25) is 9.59 Å². The Labute approximate surface area is 111 Å². The minimum absolute atomic E-state index is 0.0300. The number of hydrogen-bond acceptors (Lipinski definition) is 3. The number of carbonyl (C=O) groups excluding carboxylic acids is 2. The van der Waals surface area contributed by atoms with Gasteiger partial charge < -0.3 is 4.74 Å². The van der Waals surface area contributed by atoms with Crippen LogP contribution in [0.4, 0.5) is 0 Å². The van der Waals surface area contributed by atoms with E-state index < -0.39 is 12.0 Å². The van der Waals surface area contributed by atoms with Crippen LogP contribution in [0.2, 0.25) is 0 Å². The number of ether oxygens (including phenoxy) is 1. The second-order valence-corrected chi connectivity index (χ2v) is 4.67. The van der Waals surface area contributed by atoms with E-state index in [2.05, 4.69) is 0 Å². The van der Waals surface area contributed by atoms with Crippen molar-refractivity contribution in [2.75, 3.05) is 0 Å². The van der Waals surface area contributed by atoms with Crippen molar-refractivity contribution in [1.29, 1.82) is 0 Å². The number of Topliss-reactive ketones (excluding diaryl/α,β-unsaturated/α-hetero) is 1. The molecule has 0 saturated carbocycles. The quantitative estimate of drug-likeness (QED) is 0.614. The smallest absolute Gasteiger partial charge is 0.307 e. The molecule has 3 rings (SSSR count). The van der Waals surface area contributed by atoms with Crippen LogP contribution in [0.15, 0.2) is 54.1 Å². The third-order valence-corrected chi connectivity index (χ3v) is 3.42. The van der Waals surface area contributed by atoms with Gasteiger partial charge in [-0.05, 0) is 5.57 Å². The summed E-state index contributed by atoms with van der Waals surface area (Å²) in [7, 11) is 0. The van der Waals surface area contributed by atoms with Gasteiger partial charge in [0.25, 0.3) is 0 Å². The molecule has 1 aliphatic carbocycles. The van der Waals surface area contributed by atoms with E-state index in [4.69, 9.17) is 4.74 Å². The fraction of sp³-hybridized carbons (Fsp3) is 0.188. The van der Waals surface area contributed by atoms with E-state index in [1.807, 2.05) is 42.8 Å². The molecule has 1 aromatic carbocycles. The predicted molar refractivity (Wildman–Crippen MR) is 70.3 cm³/mol. The van der Waals surface area contributed by atoms with Gasteiger partial charge in [-0.25, -0.2) is 0 Å². The third-order valence-electron chi connectivity index (χ3n) is 3.42. The van der Waals surface area contributed by atoms with Gasteiger partial charge in [0.15, 0.2) is 5.78 Å². The van der Waals surface area contributed by atoms with Gasteiger partial charge in [0.05, 0.1) is 12.3 Å². The molecule has 0 N–H and O–H groups in total. The summed E-state index contributed by atoms with van der Waals surface area (Å²) in [6.45, 7) is 0. The van der Waals surface area contributed by atoms with Crippen molar-refractivity contribution in [3.8, 4) is 0 Å². The Morgan fingerprint density at radius 2 is 2.00 bits per heavy atom. The van der Waals surface area contributed by atoms with E-state index >= 15 is 0 Å². The molecule has 0 unspecified atom stereocenters. The monoisotopic (exact) mass is 253 g/mol. The van der Waals surface area contributed by atoms with Gasteiger partial charge in [0, 0.05) is 12.0 Å². The zero-order valence-corrected chi connectivity index (χ0v) is 10.3. The van der Waals surface area contributed by atoms with Gasteiger partial charge >= 0.3 is 5.97 Å². The molecular weight excluding hydrogens is 240 g/mol. The summed E-state index contributed by atoms with van der Waals surface area (Å²) in [5, 5.41) is 0. The fourth-order valence-electron chi connectivity index (χ4n) is 2.48. The Balaban J connectivity index is 1.88. The van der Waals surface area contributed by atoms with Gasteiger partial charge in [0.1, 0.15) is 6.10 Å². The first kappa shape index (κ1) is 11.9. The molecular formula is C16H13O3. The van der Waals surface area contributed by atoms with E-state index in [1.54, 1.807) is 12.1 Å². The summed E-state index contributed by atoms with van der Waals surface area (Å²) >= 11 is 0. The lowest BCUT2D eigenvalue weighted by Gasteiger charge is -2.16. The van der Waals surface area contributed by atoms with Crippen LogP contribution in [-0.4, -0.2) is 17.9 Å². The largest absolute Gasteiger partial charge is 0.457 e. The van der Waals surface area contributed by atoms with E-state index in [-0.39, 0.29) is 18.2 Å². The van der Waals surface area contributed by atoms with Crippen molar-refractivity contribution in [1.82, 2.24) is 0 Å². The molecule has 19 heavy (non-hydrogen) atoms. The topological polar surface area (TPSA) is 43.4 Å². The zero-order chi connectivity index (χ0) is 13.2. The summed E-state index contributed by atoms with van der Waals surface area (Å²) in [6, 6.07) is 9.05. The van der Waals surface area contributed by atoms with Crippen LogP contribution in [-0.2, 0) is 9.53 Å². The minimum Gasteiger partial charge on any atom is -0.457 e. The number of carbonyl (C=O) groups is 2. The van der Waals surface area contributed by atoms with Crippen molar-refractivity contribution in [3.63, 3.8) is 0 Å². The summed E-state index contributed by atoms with van der Waals surface area (Å²) in [5.74, 6) is -0.754. The highest BCUT2D eigenvalue weighted by atomic mass is 16.6. The van der Waals surface area contributed by atoms with Crippen molar-refractivity contribution in [2.24, 2.45) is 5.92 Å². The molecule has 2 atom stereocenters. The SMILES string of the molecule is O=C1C[C@@H](C(=O)c2ccccc2)[C@H](C2=C[CH]C=C2)O1. The van der Waals surface area contributed by atoms with Crippen LogP contribution in [0.1, 0.15) is 16.8 Å². The van der Waals surface area contributed by atoms with Crippen LogP contribution in [0.25, 0.3) is 0 Å². The molecule has 1 saturated heterocycles. The first-order valence-corrected chi connectivity index (χ1v) is 6.26. The number of hydrogen-bond donors (Lipinski definition) is 0. The molecule has 0 amide bonds. The third kappa shape index (κ3) is 2.24. The first-order valence-electron chi connectivity index (χ1n) is 6.26. The molecule has 0 spiro atoms. The van der Waals surface area contributed by atoms with E-state index in [0.717, 1.165) is 5.57 Å². The van der Waals surface area contributed by atoms with E-state index in [9.17, 15) is 9.59 Å². The van der Waals surface area contributed by atoms with Gasteiger partial charge in [-0.15, -0.1) is 0 Å². The second-order valence-electron chi connectivity index (χ2n) is 4.67. The highest BCUT2D eigenvalue weighted by Gasteiger charge is 2.41. The first-order chi connectivity index (χ1) is 9.25. The number of benzene rings is 1. The van der Waals surface area contributed by atoms with Crippen molar-refractivity contribution >= 4 is 11.8 Å². The summed E-state index contributed by atoms with van der Waals surface area (Å²) in [5.41, 5.74) is 1.52. The van der Waals surface area contributed by atoms with Gasteiger partial charge in [-0.1, -0.05) is 48.6 Å². The highest BCUT2D eigenvalue weighted by molar-refractivity contribution is 6.01. The Hall–Kier alpha value is -2.16. The molecule has 2 aliphatic rings. The van der Waals surface area contributed by atoms with Crippen LogP contribution in [0, 0.1) is 12.3 Å². The van der Waals surface area contributed by atoms with Crippen molar-refractivity contribution < 1.29 is 14.3 Å². The molecule has 1 fully saturated rings. The Morgan fingerprint density at radius 3 is 2.68 bits per heavy atom. The van der Waals surface area contributed by atoms with Crippen molar-refractivity contribution in [2.45, 2.75) is 12.5 Å². The highest BCUT2D eigenvalue weighted by Crippen LogP contribution is 2.32. The maximum atomic E-state index is 12.5. The van der Waals surface area contributed by atoms with Crippen LogP contribution >= 0.6 is 0 Å². The number of rotatable bonds is 3. The maximum absolute atomic E-state index is 12.5. The number of cyclic esters (lactones) is 1. The van der Waals surface area contributed by atoms with Crippen LogP contribution in [0.5, 0.6) is 0 Å². The molecule has 1 heterocycles.